The number of carbonyl (C=O) groups excluding carboxylic acids is 1. The standard InChI is InChI=1S/C10H14N6O/c1-7(3-11)6-16(2)10(17)8-4-14-9(15-12)5-13-8/h4-5,7H,6,12H2,1-2H3,(H,14,15). The lowest BCUT2D eigenvalue weighted by atomic mass is 10.2. The Morgan fingerprint density at radius 2 is 2.35 bits per heavy atom. The van der Waals surface area contributed by atoms with Crippen molar-refractivity contribution < 1.29 is 4.79 Å². The van der Waals surface area contributed by atoms with Crippen LogP contribution in [-0.2, 0) is 0 Å². The van der Waals surface area contributed by atoms with Gasteiger partial charge in [-0.05, 0) is 6.92 Å². The maximum atomic E-state index is 11.9. The van der Waals surface area contributed by atoms with Crippen molar-refractivity contribution in [1.82, 2.24) is 14.9 Å². The van der Waals surface area contributed by atoms with Gasteiger partial charge in [-0.3, -0.25) is 4.79 Å². The van der Waals surface area contributed by atoms with E-state index in [0.717, 1.165) is 0 Å². The van der Waals surface area contributed by atoms with E-state index < -0.39 is 0 Å². The molecule has 17 heavy (non-hydrogen) atoms. The zero-order chi connectivity index (χ0) is 12.8. The molecule has 0 aliphatic rings. The van der Waals surface area contributed by atoms with E-state index in [4.69, 9.17) is 11.1 Å². The average molecular weight is 234 g/mol. The number of anilines is 1. The van der Waals surface area contributed by atoms with Crippen LogP contribution in [0.25, 0.3) is 0 Å². The molecule has 1 unspecified atom stereocenters. The van der Waals surface area contributed by atoms with Crippen molar-refractivity contribution >= 4 is 11.7 Å². The second-order valence-corrected chi connectivity index (χ2v) is 3.65. The van der Waals surface area contributed by atoms with Gasteiger partial charge in [0.2, 0.25) is 0 Å². The molecule has 0 aromatic carbocycles. The third kappa shape index (κ3) is 3.39. The SMILES string of the molecule is CC(C#N)CN(C)C(=O)c1cnc(NN)cn1. The lowest BCUT2D eigenvalue weighted by Gasteiger charge is -2.17. The minimum atomic E-state index is -0.275. The number of nitrogens with two attached hydrogens (primary N) is 1. The molecule has 0 saturated carbocycles. The molecule has 0 aliphatic carbocycles. The van der Waals surface area contributed by atoms with Crippen LogP contribution in [0.4, 0.5) is 5.82 Å². The molecule has 0 fully saturated rings. The number of nitrogens with zero attached hydrogens (tertiary/aromatic N) is 4. The Morgan fingerprint density at radius 1 is 1.65 bits per heavy atom. The van der Waals surface area contributed by atoms with E-state index in [2.05, 4.69) is 21.5 Å². The van der Waals surface area contributed by atoms with Crippen LogP contribution in [0.2, 0.25) is 0 Å². The first-order valence-electron chi connectivity index (χ1n) is 5.02. The van der Waals surface area contributed by atoms with Gasteiger partial charge in [-0.25, -0.2) is 15.8 Å². The Labute approximate surface area is 99.2 Å². The maximum absolute atomic E-state index is 11.9. The van der Waals surface area contributed by atoms with Crippen molar-refractivity contribution in [3.05, 3.63) is 18.1 Å². The van der Waals surface area contributed by atoms with E-state index in [9.17, 15) is 4.79 Å². The lowest BCUT2D eigenvalue weighted by Crippen LogP contribution is -2.31. The van der Waals surface area contributed by atoms with Crippen LogP contribution in [0, 0.1) is 17.2 Å². The summed E-state index contributed by atoms with van der Waals surface area (Å²) in [6.45, 7) is 2.10. The van der Waals surface area contributed by atoms with E-state index in [0.29, 0.717) is 12.4 Å². The molecular formula is C10H14N6O. The van der Waals surface area contributed by atoms with Crippen LogP contribution in [0.15, 0.2) is 12.4 Å². The third-order valence-corrected chi connectivity index (χ3v) is 2.13. The molecule has 3 N–H and O–H groups in total. The smallest absolute Gasteiger partial charge is 0.273 e. The fourth-order valence-electron chi connectivity index (χ4n) is 1.24. The number of hydrazine groups is 1. The van der Waals surface area contributed by atoms with Crippen molar-refractivity contribution in [3.8, 4) is 6.07 Å². The molecule has 90 valence electrons. The molecule has 0 saturated heterocycles. The van der Waals surface area contributed by atoms with Gasteiger partial charge in [-0.15, -0.1) is 0 Å². The zero-order valence-corrected chi connectivity index (χ0v) is 9.71. The molecule has 1 rings (SSSR count). The average Bonchev–Trinajstić information content (AvgIpc) is 2.37. The van der Waals surface area contributed by atoms with Gasteiger partial charge in [0.15, 0.2) is 5.82 Å². The van der Waals surface area contributed by atoms with Gasteiger partial charge in [0.25, 0.3) is 5.91 Å². The molecule has 7 heteroatoms. The van der Waals surface area contributed by atoms with Crippen molar-refractivity contribution in [3.63, 3.8) is 0 Å². The Bertz CT molecular complexity index is 423. The van der Waals surface area contributed by atoms with Crippen molar-refractivity contribution in [2.75, 3.05) is 19.0 Å². The molecule has 0 aliphatic heterocycles. The number of hydrogen-bond donors (Lipinski definition) is 2. The van der Waals surface area contributed by atoms with E-state index in [1.165, 1.54) is 17.3 Å². The van der Waals surface area contributed by atoms with E-state index >= 15 is 0 Å². The van der Waals surface area contributed by atoms with E-state index in [1.54, 1.807) is 14.0 Å². The predicted molar refractivity (Wildman–Crippen MR) is 61.6 cm³/mol. The van der Waals surface area contributed by atoms with Crippen molar-refractivity contribution in [2.24, 2.45) is 11.8 Å². The fraction of sp³-hybridized carbons (Fsp3) is 0.400. The summed E-state index contributed by atoms with van der Waals surface area (Å²) in [5.41, 5.74) is 2.54. The summed E-state index contributed by atoms with van der Waals surface area (Å²) in [6, 6.07) is 2.06. The number of aromatic nitrogens is 2. The highest BCUT2D eigenvalue weighted by Gasteiger charge is 2.15. The fourth-order valence-corrected chi connectivity index (χ4v) is 1.24. The highest BCUT2D eigenvalue weighted by atomic mass is 16.2. The Hall–Kier alpha value is -2.20. The summed E-state index contributed by atoms with van der Waals surface area (Å²) >= 11 is 0. The molecular weight excluding hydrogens is 220 g/mol. The Balaban J connectivity index is 2.72. The largest absolute Gasteiger partial charge is 0.339 e. The van der Waals surface area contributed by atoms with Crippen LogP contribution in [0.5, 0.6) is 0 Å². The first kappa shape index (κ1) is 12.9. The quantitative estimate of drug-likeness (QED) is 0.560. The van der Waals surface area contributed by atoms with Crippen molar-refractivity contribution in [2.45, 2.75) is 6.92 Å². The number of rotatable bonds is 4. The number of nitriles is 1. The van der Waals surface area contributed by atoms with E-state index in [-0.39, 0.29) is 17.5 Å². The van der Waals surface area contributed by atoms with Crippen LogP contribution in [0.1, 0.15) is 17.4 Å². The molecule has 1 aromatic rings. The maximum Gasteiger partial charge on any atom is 0.273 e. The first-order valence-corrected chi connectivity index (χ1v) is 5.02. The third-order valence-electron chi connectivity index (χ3n) is 2.13. The van der Waals surface area contributed by atoms with Gasteiger partial charge in [-0.1, -0.05) is 0 Å². The van der Waals surface area contributed by atoms with Crippen LogP contribution in [0.3, 0.4) is 0 Å². The zero-order valence-electron chi connectivity index (χ0n) is 9.71. The highest BCUT2D eigenvalue weighted by molar-refractivity contribution is 5.91. The second kappa shape index (κ2) is 5.77. The summed E-state index contributed by atoms with van der Waals surface area (Å²) in [7, 11) is 1.62. The molecule has 0 spiro atoms. The number of hydrogen-bond acceptors (Lipinski definition) is 6. The molecule has 1 amide bonds. The number of amides is 1. The Morgan fingerprint density at radius 3 is 2.82 bits per heavy atom. The summed E-state index contributed by atoms with van der Waals surface area (Å²) in [5, 5.41) is 8.67. The molecule has 1 atom stereocenters. The number of nitrogen functional groups attached to an aromatic ring is 1. The summed E-state index contributed by atoms with van der Waals surface area (Å²) in [4.78, 5) is 21.1. The molecule has 1 heterocycles. The monoisotopic (exact) mass is 234 g/mol. The van der Waals surface area contributed by atoms with Gasteiger partial charge in [0.05, 0.1) is 24.4 Å². The van der Waals surface area contributed by atoms with Gasteiger partial charge in [0, 0.05) is 13.6 Å². The van der Waals surface area contributed by atoms with Gasteiger partial charge in [0.1, 0.15) is 5.69 Å². The second-order valence-electron chi connectivity index (χ2n) is 3.65. The predicted octanol–water partition coefficient (Wildman–Crippen LogP) is -0.00612. The summed E-state index contributed by atoms with van der Waals surface area (Å²) < 4.78 is 0. The van der Waals surface area contributed by atoms with Gasteiger partial charge < -0.3 is 10.3 Å². The topological polar surface area (TPSA) is 108 Å². The number of carbonyl (C=O) groups is 1. The molecule has 0 bridgehead atoms. The molecule has 1 aromatic heterocycles. The summed E-state index contributed by atoms with van der Waals surface area (Å²) in [6.07, 6.45) is 2.71. The molecule has 0 radical (unpaired) electrons. The van der Waals surface area contributed by atoms with Crippen LogP contribution in [-0.4, -0.2) is 34.4 Å². The Kier molecular flexibility index (Phi) is 4.37. The minimum absolute atomic E-state index is 0.219. The van der Waals surface area contributed by atoms with Crippen molar-refractivity contribution in [1.29, 1.82) is 5.26 Å². The number of nitrogens with one attached hydrogen (secondary N) is 1. The minimum Gasteiger partial charge on any atom is -0.339 e. The van der Waals surface area contributed by atoms with Crippen LogP contribution >= 0.6 is 0 Å². The normalized spacial score (nSPS) is 11.4. The lowest BCUT2D eigenvalue weighted by molar-refractivity contribution is 0.0779. The van der Waals surface area contributed by atoms with E-state index in [1.807, 2.05) is 0 Å². The van der Waals surface area contributed by atoms with Gasteiger partial charge in [-0.2, -0.15) is 5.26 Å². The van der Waals surface area contributed by atoms with Gasteiger partial charge >= 0.3 is 0 Å². The highest BCUT2D eigenvalue weighted by Crippen LogP contribution is 2.04. The van der Waals surface area contributed by atoms with Crippen LogP contribution < -0.4 is 11.3 Å². The summed E-state index contributed by atoms with van der Waals surface area (Å²) in [5.74, 6) is 5.02. The molecule has 7 nitrogen and oxygen atoms in total. The first-order chi connectivity index (χ1) is 8.08.